The van der Waals surface area contributed by atoms with E-state index in [1.165, 1.54) is 0 Å². The zero-order valence-electron chi connectivity index (χ0n) is 18.2. The lowest BCUT2D eigenvalue weighted by molar-refractivity contribution is -0.140. The third-order valence-electron chi connectivity index (χ3n) is 6.28. The molecule has 170 valence electrons. The monoisotopic (exact) mass is 438 g/mol. The van der Waals surface area contributed by atoms with Crippen molar-refractivity contribution in [2.24, 2.45) is 11.8 Å². The van der Waals surface area contributed by atoms with E-state index in [-0.39, 0.29) is 29.7 Å². The van der Waals surface area contributed by atoms with Gasteiger partial charge in [-0.25, -0.2) is 4.79 Å². The molecule has 2 N–H and O–H groups in total. The summed E-state index contributed by atoms with van der Waals surface area (Å²) >= 11 is 0. The molecule has 2 aromatic rings. The molecule has 2 fully saturated rings. The first-order valence-corrected chi connectivity index (χ1v) is 11.3. The van der Waals surface area contributed by atoms with Gasteiger partial charge in [0.1, 0.15) is 5.76 Å². The number of rotatable bonds is 5. The van der Waals surface area contributed by atoms with Crippen LogP contribution in [0.15, 0.2) is 53.1 Å². The van der Waals surface area contributed by atoms with E-state index in [9.17, 15) is 14.4 Å². The second kappa shape index (κ2) is 10.3. The lowest BCUT2D eigenvalue weighted by atomic mass is 9.92. The van der Waals surface area contributed by atoms with Crippen LogP contribution in [0.5, 0.6) is 0 Å². The fourth-order valence-electron chi connectivity index (χ4n) is 4.44. The van der Waals surface area contributed by atoms with Gasteiger partial charge < -0.3 is 24.9 Å². The predicted molar refractivity (Wildman–Crippen MR) is 120 cm³/mol. The molecule has 3 heterocycles. The minimum Gasteiger partial charge on any atom is -0.467 e. The van der Waals surface area contributed by atoms with Crippen LogP contribution in [-0.4, -0.2) is 53.8 Å². The van der Waals surface area contributed by atoms with Crippen molar-refractivity contribution >= 4 is 23.5 Å². The van der Waals surface area contributed by atoms with Crippen LogP contribution >= 0.6 is 0 Å². The number of carbonyl (C=O) groups is 3. The Morgan fingerprint density at radius 1 is 0.906 bits per heavy atom. The molecule has 32 heavy (non-hydrogen) atoms. The molecule has 1 aromatic carbocycles. The maximum Gasteiger partial charge on any atom is 0.321 e. The van der Waals surface area contributed by atoms with Gasteiger partial charge in [0, 0.05) is 37.8 Å². The summed E-state index contributed by atoms with van der Waals surface area (Å²) in [4.78, 5) is 41.7. The van der Waals surface area contributed by atoms with Crippen molar-refractivity contribution in [3.8, 4) is 0 Å². The number of piperidine rings is 2. The minimum absolute atomic E-state index is 0.00919. The van der Waals surface area contributed by atoms with Gasteiger partial charge in [-0.1, -0.05) is 18.2 Å². The summed E-state index contributed by atoms with van der Waals surface area (Å²) in [7, 11) is 0. The van der Waals surface area contributed by atoms with Crippen molar-refractivity contribution in [1.82, 2.24) is 15.1 Å². The lowest BCUT2D eigenvalue weighted by Crippen LogP contribution is -2.50. The van der Waals surface area contributed by atoms with E-state index in [0.29, 0.717) is 45.6 Å². The Kier molecular flexibility index (Phi) is 7.09. The van der Waals surface area contributed by atoms with Crippen LogP contribution in [0.25, 0.3) is 0 Å². The van der Waals surface area contributed by atoms with E-state index in [1.807, 2.05) is 41.3 Å². The van der Waals surface area contributed by atoms with Gasteiger partial charge in [0.25, 0.3) is 0 Å². The molecule has 2 saturated heterocycles. The number of carbonyl (C=O) groups excluding carboxylic acids is 3. The van der Waals surface area contributed by atoms with Crippen LogP contribution in [0.2, 0.25) is 0 Å². The molecule has 0 radical (unpaired) electrons. The molecule has 4 rings (SSSR count). The molecule has 0 bridgehead atoms. The Hall–Kier alpha value is -3.29. The van der Waals surface area contributed by atoms with Crippen molar-refractivity contribution in [3.05, 3.63) is 54.5 Å². The predicted octanol–water partition coefficient (Wildman–Crippen LogP) is 3.08. The summed E-state index contributed by atoms with van der Waals surface area (Å²) in [5.41, 5.74) is 0.748. The molecule has 1 atom stereocenters. The van der Waals surface area contributed by atoms with Crippen LogP contribution in [0, 0.1) is 11.8 Å². The SMILES string of the molecule is O=C(NCc1ccco1)C1CCN(C(=O)C2CCCN(C(=O)Nc3ccccc3)C2)CC1. The van der Waals surface area contributed by atoms with Crippen LogP contribution in [0.3, 0.4) is 0 Å². The molecular weight excluding hydrogens is 408 g/mol. The standard InChI is InChI=1S/C24H30N4O4/c29-22(25-16-21-9-5-15-32-21)18-10-13-27(14-11-18)23(30)19-6-4-12-28(17-19)24(31)26-20-7-2-1-3-8-20/h1-3,5,7-9,15,18-19H,4,6,10-14,16-17H2,(H,25,29)(H,26,31). The summed E-state index contributed by atoms with van der Waals surface area (Å²) in [6.07, 6.45) is 4.49. The van der Waals surface area contributed by atoms with Gasteiger partial charge in [0.15, 0.2) is 0 Å². The van der Waals surface area contributed by atoms with Crippen molar-refractivity contribution < 1.29 is 18.8 Å². The summed E-state index contributed by atoms with van der Waals surface area (Å²) in [6, 6.07) is 12.8. The number of amides is 4. The quantitative estimate of drug-likeness (QED) is 0.750. The molecule has 0 aliphatic carbocycles. The first-order chi connectivity index (χ1) is 15.6. The highest BCUT2D eigenvalue weighted by atomic mass is 16.3. The van der Waals surface area contributed by atoms with Gasteiger partial charge in [-0.05, 0) is 49.9 Å². The first-order valence-electron chi connectivity index (χ1n) is 11.3. The Labute approximate surface area is 187 Å². The zero-order chi connectivity index (χ0) is 22.3. The Morgan fingerprint density at radius 3 is 2.41 bits per heavy atom. The molecule has 0 spiro atoms. The van der Waals surface area contributed by atoms with Gasteiger partial charge in [0.05, 0.1) is 18.7 Å². The molecule has 1 unspecified atom stereocenters. The third-order valence-corrected chi connectivity index (χ3v) is 6.28. The van der Waals surface area contributed by atoms with Crippen molar-refractivity contribution in [1.29, 1.82) is 0 Å². The normalized spacial score (nSPS) is 19.4. The highest BCUT2D eigenvalue weighted by Crippen LogP contribution is 2.24. The molecule has 4 amide bonds. The van der Waals surface area contributed by atoms with Crippen molar-refractivity contribution in [2.45, 2.75) is 32.2 Å². The lowest BCUT2D eigenvalue weighted by Gasteiger charge is -2.37. The number of nitrogens with one attached hydrogen (secondary N) is 2. The number of nitrogens with zero attached hydrogens (tertiary/aromatic N) is 2. The highest BCUT2D eigenvalue weighted by Gasteiger charge is 2.34. The maximum absolute atomic E-state index is 13.1. The maximum atomic E-state index is 13.1. The summed E-state index contributed by atoms with van der Waals surface area (Å²) in [5, 5.41) is 5.82. The zero-order valence-corrected chi connectivity index (χ0v) is 18.2. The number of benzene rings is 1. The van der Waals surface area contributed by atoms with Gasteiger partial charge in [-0.3, -0.25) is 9.59 Å². The van der Waals surface area contributed by atoms with E-state index >= 15 is 0 Å². The number of para-hydroxylation sites is 1. The minimum atomic E-state index is -0.186. The van der Waals surface area contributed by atoms with Crippen molar-refractivity contribution in [2.75, 3.05) is 31.5 Å². The molecule has 1 aromatic heterocycles. The van der Waals surface area contributed by atoms with Gasteiger partial charge in [-0.2, -0.15) is 0 Å². The summed E-state index contributed by atoms with van der Waals surface area (Å²) in [6.45, 7) is 2.62. The summed E-state index contributed by atoms with van der Waals surface area (Å²) < 4.78 is 5.25. The van der Waals surface area contributed by atoms with Crippen LogP contribution < -0.4 is 10.6 Å². The first kappa shape index (κ1) is 21.9. The fraction of sp³-hybridized carbons (Fsp3) is 0.458. The van der Waals surface area contributed by atoms with E-state index in [2.05, 4.69) is 10.6 Å². The fourth-order valence-corrected chi connectivity index (χ4v) is 4.44. The molecular formula is C24H30N4O4. The number of urea groups is 1. The van der Waals surface area contributed by atoms with E-state index in [0.717, 1.165) is 24.3 Å². The number of furan rings is 1. The Bertz CT molecular complexity index is 907. The molecule has 2 aliphatic heterocycles. The third kappa shape index (κ3) is 5.49. The topological polar surface area (TPSA) is 94.9 Å². The average Bonchev–Trinajstić information content (AvgIpc) is 3.37. The number of likely N-dealkylation sites (tertiary alicyclic amines) is 2. The van der Waals surface area contributed by atoms with Gasteiger partial charge in [0.2, 0.25) is 11.8 Å². The second-order valence-electron chi connectivity index (χ2n) is 8.48. The average molecular weight is 439 g/mol. The van der Waals surface area contributed by atoms with Gasteiger partial charge in [-0.15, -0.1) is 0 Å². The van der Waals surface area contributed by atoms with Crippen LogP contribution in [-0.2, 0) is 16.1 Å². The van der Waals surface area contributed by atoms with E-state index in [4.69, 9.17) is 4.42 Å². The molecule has 8 heteroatoms. The van der Waals surface area contributed by atoms with Crippen LogP contribution in [0.1, 0.15) is 31.4 Å². The Balaban J connectivity index is 1.23. The molecule has 0 saturated carbocycles. The largest absolute Gasteiger partial charge is 0.467 e. The highest BCUT2D eigenvalue weighted by molar-refractivity contribution is 5.90. The van der Waals surface area contributed by atoms with E-state index < -0.39 is 0 Å². The Morgan fingerprint density at radius 2 is 1.69 bits per heavy atom. The smallest absolute Gasteiger partial charge is 0.321 e. The second-order valence-corrected chi connectivity index (χ2v) is 8.48. The number of hydrogen-bond donors (Lipinski definition) is 2. The van der Waals surface area contributed by atoms with Gasteiger partial charge >= 0.3 is 6.03 Å². The molecule has 2 aliphatic rings. The van der Waals surface area contributed by atoms with Crippen LogP contribution in [0.4, 0.5) is 10.5 Å². The number of anilines is 1. The van der Waals surface area contributed by atoms with Crippen molar-refractivity contribution in [3.63, 3.8) is 0 Å². The van der Waals surface area contributed by atoms with E-state index in [1.54, 1.807) is 17.2 Å². The summed E-state index contributed by atoms with van der Waals surface area (Å²) in [5.74, 6) is 0.554. The molecule has 8 nitrogen and oxygen atoms in total. The number of hydrogen-bond acceptors (Lipinski definition) is 4.